The molecule has 1 N–H and O–H groups in total. The maximum Gasteiger partial charge on any atom is 0.192 e. The number of hydrogen-bond acceptors (Lipinski definition) is 3. The number of rotatable bonds is 2. The van der Waals surface area contributed by atoms with Crippen LogP contribution in [-0.4, -0.2) is 31.6 Å². The molecule has 0 saturated carbocycles. The van der Waals surface area contributed by atoms with Gasteiger partial charge < -0.3 is 10.1 Å². The fourth-order valence-corrected chi connectivity index (χ4v) is 1.47. The second-order valence-corrected chi connectivity index (χ2v) is 3.22. The third kappa shape index (κ3) is 2.00. The molecule has 1 aliphatic rings. The molecule has 0 amide bonds. The lowest BCUT2D eigenvalue weighted by molar-refractivity contribution is 0.0269. The summed E-state index contributed by atoms with van der Waals surface area (Å²) in [6.45, 7) is 2.04. The smallest absolute Gasteiger partial charge is 0.192 e. The van der Waals surface area contributed by atoms with Gasteiger partial charge in [-0.3, -0.25) is 4.79 Å². The van der Waals surface area contributed by atoms with Crippen LogP contribution in [0.2, 0.25) is 0 Å². The molecule has 1 saturated heterocycles. The number of benzene rings is 1. The maximum atomic E-state index is 11.8. The maximum absolute atomic E-state index is 11.8. The van der Waals surface area contributed by atoms with Crippen LogP contribution < -0.4 is 5.32 Å². The normalized spacial score (nSPS) is 21.9. The monoisotopic (exact) mass is 190 g/mol. The fourth-order valence-electron chi connectivity index (χ4n) is 1.47. The van der Waals surface area contributed by atoms with Crippen LogP contribution in [0.15, 0.2) is 24.3 Å². The topological polar surface area (TPSA) is 38.3 Å². The first-order valence-corrected chi connectivity index (χ1v) is 4.70. The van der Waals surface area contributed by atoms with E-state index >= 15 is 0 Å². The Morgan fingerprint density at radius 3 is 2.93 bits per heavy atom. The van der Waals surface area contributed by atoms with Gasteiger partial charge in [0.25, 0.3) is 0 Å². The minimum Gasteiger partial charge on any atom is -0.367 e. The highest BCUT2D eigenvalue weighted by atomic mass is 16.5. The molecule has 1 radical (unpaired) electrons. The molecule has 73 valence electrons. The highest BCUT2D eigenvalue weighted by Gasteiger charge is 2.22. The van der Waals surface area contributed by atoms with Crippen LogP contribution in [0.1, 0.15) is 10.4 Å². The number of Topliss-reactive ketones (excluding diaryl/α,β-unsaturated/α-hetero) is 1. The second kappa shape index (κ2) is 4.35. The van der Waals surface area contributed by atoms with E-state index in [2.05, 4.69) is 11.4 Å². The molecule has 0 bridgehead atoms. The Hall–Kier alpha value is -1.19. The molecule has 0 spiro atoms. The van der Waals surface area contributed by atoms with E-state index in [-0.39, 0.29) is 11.9 Å². The predicted octanol–water partition coefficient (Wildman–Crippen LogP) is 0.658. The first kappa shape index (κ1) is 9.37. The van der Waals surface area contributed by atoms with Crippen LogP contribution in [0, 0.1) is 6.07 Å². The Kier molecular flexibility index (Phi) is 2.91. The Morgan fingerprint density at radius 1 is 1.50 bits per heavy atom. The van der Waals surface area contributed by atoms with Gasteiger partial charge in [0.2, 0.25) is 0 Å². The zero-order valence-electron chi connectivity index (χ0n) is 7.82. The Balaban J connectivity index is 2.07. The number of ether oxygens (including phenoxy) is 1. The molecule has 1 fully saturated rings. The average Bonchev–Trinajstić information content (AvgIpc) is 2.30. The van der Waals surface area contributed by atoms with Crippen molar-refractivity contribution in [2.45, 2.75) is 6.10 Å². The summed E-state index contributed by atoms with van der Waals surface area (Å²) >= 11 is 0. The van der Waals surface area contributed by atoms with Gasteiger partial charge in [0, 0.05) is 18.7 Å². The summed E-state index contributed by atoms with van der Waals surface area (Å²) in [6.07, 6.45) is -0.328. The van der Waals surface area contributed by atoms with Crippen molar-refractivity contribution in [2.24, 2.45) is 0 Å². The number of nitrogens with one attached hydrogen (secondary N) is 1. The van der Waals surface area contributed by atoms with Gasteiger partial charge in [-0.05, 0) is 6.07 Å². The standard InChI is InChI=1S/C11H12NO2/c13-11(9-4-2-1-3-5-9)10-8-12-6-7-14-10/h2-5,10,12H,6-8H2. The predicted molar refractivity (Wildman–Crippen MR) is 52.2 cm³/mol. The van der Waals surface area contributed by atoms with E-state index < -0.39 is 0 Å². The lowest BCUT2D eigenvalue weighted by Gasteiger charge is -2.22. The number of morpholine rings is 1. The Labute approximate surface area is 83.1 Å². The van der Waals surface area contributed by atoms with Crippen LogP contribution in [0.4, 0.5) is 0 Å². The summed E-state index contributed by atoms with van der Waals surface area (Å²) in [5, 5.41) is 3.13. The molecule has 0 aliphatic carbocycles. The van der Waals surface area contributed by atoms with Gasteiger partial charge in [0.1, 0.15) is 6.10 Å². The largest absolute Gasteiger partial charge is 0.367 e. The highest BCUT2D eigenvalue weighted by Crippen LogP contribution is 2.07. The van der Waals surface area contributed by atoms with Gasteiger partial charge in [-0.2, -0.15) is 0 Å². The van der Waals surface area contributed by atoms with E-state index in [1.54, 1.807) is 24.3 Å². The van der Waals surface area contributed by atoms with E-state index in [0.29, 0.717) is 18.7 Å². The molecule has 1 atom stereocenters. The minimum atomic E-state index is -0.328. The summed E-state index contributed by atoms with van der Waals surface area (Å²) in [5.41, 5.74) is 0.692. The van der Waals surface area contributed by atoms with Crippen molar-refractivity contribution in [3.63, 3.8) is 0 Å². The number of hydrogen-bond donors (Lipinski definition) is 1. The number of carbonyl (C=O) groups is 1. The molecule has 1 unspecified atom stereocenters. The lowest BCUT2D eigenvalue weighted by Crippen LogP contribution is -2.43. The summed E-state index contributed by atoms with van der Waals surface area (Å²) in [5.74, 6) is 0.0474. The van der Waals surface area contributed by atoms with Crippen LogP contribution in [-0.2, 0) is 4.74 Å². The molecule has 3 nitrogen and oxygen atoms in total. The van der Waals surface area contributed by atoms with E-state index in [4.69, 9.17) is 4.74 Å². The lowest BCUT2D eigenvalue weighted by atomic mass is 10.1. The summed E-state index contributed by atoms with van der Waals surface area (Å²) in [4.78, 5) is 11.8. The van der Waals surface area contributed by atoms with Gasteiger partial charge in [0.05, 0.1) is 6.61 Å². The van der Waals surface area contributed by atoms with Crippen molar-refractivity contribution >= 4 is 5.78 Å². The third-order valence-electron chi connectivity index (χ3n) is 2.22. The molecular weight excluding hydrogens is 178 g/mol. The van der Waals surface area contributed by atoms with Gasteiger partial charge in [-0.25, -0.2) is 0 Å². The van der Waals surface area contributed by atoms with E-state index in [0.717, 1.165) is 6.54 Å². The molecule has 2 rings (SSSR count). The summed E-state index contributed by atoms with van der Waals surface area (Å²) < 4.78 is 5.37. The Morgan fingerprint density at radius 2 is 2.29 bits per heavy atom. The summed E-state index contributed by atoms with van der Waals surface area (Å²) in [7, 11) is 0. The first-order chi connectivity index (χ1) is 6.88. The van der Waals surface area contributed by atoms with Crippen LogP contribution in [0.5, 0.6) is 0 Å². The van der Waals surface area contributed by atoms with Crippen molar-refractivity contribution in [3.05, 3.63) is 35.9 Å². The zero-order valence-corrected chi connectivity index (χ0v) is 7.82. The highest BCUT2D eigenvalue weighted by molar-refractivity contribution is 5.99. The fraction of sp³-hybridized carbons (Fsp3) is 0.364. The van der Waals surface area contributed by atoms with Crippen molar-refractivity contribution in [1.29, 1.82) is 0 Å². The zero-order chi connectivity index (χ0) is 9.80. The Bertz CT molecular complexity index is 304. The van der Waals surface area contributed by atoms with E-state index in [1.807, 2.05) is 0 Å². The molecular formula is C11H12NO2. The molecule has 1 aliphatic heterocycles. The van der Waals surface area contributed by atoms with Crippen molar-refractivity contribution in [3.8, 4) is 0 Å². The van der Waals surface area contributed by atoms with E-state index in [9.17, 15) is 4.79 Å². The van der Waals surface area contributed by atoms with E-state index in [1.165, 1.54) is 0 Å². The van der Waals surface area contributed by atoms with Gasteiger partial charge in [-0.1, -0.05) is 24.3 Å². The minimum absolute atomic E-state index is 0.0474. The van der Waals surface area contributed by atoms with Crippen LogP contribution >= 0.6 is 0 Å². The van der Waals surface area contributed by atoms with Crippen LogP contribution in [0.3, 0.4) is 0 Å². The van der Waals surface area contributed by atoms with Gasteiger partial charge in [-0.15, -0.1) is 0 Å². The SMILES string of the molecule is O=C(c1cc[c]cc1)C1CNCCO1. The quantitative estimate of drug-likeness (QED) is 0.696. The van der Waals surface area contributed by atoms with Crippen molar-refractivity contribution in [1.82, 2.24) is 5.32 Å². The van der Waals surface area contributed by atoms with Crippen LogP contribution in [0.25, 0.3) is 0 Å². The van der Waals surface area contributed by atoms with Gasteiger partial charge >= 0.3 is 0 Å². The van der Waals surface area contributed by atoms with Gasteiger partial charge in [0.15, 0.2) is 5.78 Å². The number of carbonyl (C=O) groups excluding carboxylic acids is 1. The molecule has 0 aromatic heterocycles. The van der Waals surface area contributed by atoms with Crippen molar-refractivity contribution < 1.29 is 9.53 Å². The third-order valence-corrected chi connectivity index (χ3v) is 2.22. The first-order valence-electron chi connectivity index (χ1n) is 4.70. The molecule has 1 heterocycles. The van der Waals surface area contributed by atoms with Crippen molar-refractivity contribution in [2.75, 3.05) is 19.7 Å². The molecule has 3 heteroatoms. The number of ketones is 1. The average molecular weight is 190 g/mol. The molecule has 14 heavy (non-hydrogen) atoms. The summed E-state index contributed by atoms with van der Waals surface area (Å²) in [6, 6.07) is 9.89. The molecule has 1 aromatic carbocycles. The second-order valence-electron chi connectivity index (χ2n) is 3.22. The molecule has 1 aromatic rings.